The summed E-state index contributed by atoms with van der Waals surface area (Å²) in [7, 11) is -4.67. The SMILES string of the molecule is CC(C)c1ccc(OCCCCNCCS)c(C(C)C)c1.O=S(=O)(O)O. The molecule has 3 N–H and O–H groups in total. The van der Waals surface area contributed by atoms with E-state index < -0.39 is 10.4 Å². The maximum atomic E-state index is 8.74. The Bertz CT molecular complexity index is 596. The fraction of sp³-hybridized carbons (Fsp3) is 0.667. The molecule has 0 aliphatic carbocycles. The van der Waals surface area contributed by atoms with Gasteiger partial charge in [-0.2, -0.15) is 21.0 Å². The first kappa shape index (κ1) is 25.2. The molecule has 0 bridgehead atoms. The molecule has 0 aliphatic rings. The summed E-state index contributed by atoms with van der Waals surface area (Å²) >= 11 is 4.18. The van der Waals surface area contributed by atoms with Gasteiger partial charge in [0.1, 0.15) is 5.75 Å². The summed E-state index contributed by atoms with van der Waals surface area (Å²) in [6.45, 7) is 11.8. The first-order valence-corrected chi connectivity index (χ1v) is 10.9. The highest BCUT2D eigenvalue weighted by Gasteiger charge is 2.10. The van der Waals surface area contributed by atoms with E-state index in [1.165, 1.54) is 11.1 Å². The van der Waals surface area contributed by atoms with Gasteiger partial charge in [0.2, 0.25) is 0 Å². The van der Waals surface area contributed by atoms with Crippen molar-refractivity contribution in [1.82, 2.24) is 5.32 Å². The molecule has 1 rings (SSSR count). The molecular weight excluding hydrogens is 374 g/mol. The Kier molecular flexibility index (Phi) is 13.0. The maximum Gasteiger partial charge on any atom is 0.394 e. The molecule has 26 heavy (non-hydrogen) atoms. The van der Waals surface area contributed by atoms with E-state index in [1.807, 2.05) is 0 Å². The van der Waals surface area contributed by atoms with E-state index in [0.717, 1.165) is 44.0 Å². The normalized spacial score (nSPS) is 11.4. The highest BCUT2D eigenvalue weighted by atomic mass is 32.3. The zero-order valence-corrected chi connectivity index (χ0v) is 17.8. The van der Waals surface area contributed by atoms with Crippen LogP contribution in [-0.4, -0.2) is 43.0 Å². The first-order chi connectivity index (χ1) is 12.1. The van der Waals surface area contributed by atoms with E-state index in [2.05, 4.69) is 63.8 Å². The lowest BCUT2D eigenvalue weighted by Crippen LogP contribution is -2.18. The summed E-state index contributed by atoms with van der Waals surface area (Å²) < 4.78 is 37.6. The number of ether oxygens (including phenoxy) is 1. The second-order valence-corrected chi connectivity index (χ2v) is 7.93. The summed E-state index contributed by atoms with van der Waals surface area (Å²) in [6, 6.07) is 6.64. The molecule has 0 atom stereocenters. The van der Waals surface area contributed by atoms with E-state index in [0.29, 0.717) is 11.8 Å². The molecule has 0 heterocycles. The zero-order chi connectivity index (χ0) is 20.2. The molecule has 0 spiro atoms. The predicted octanol–water partition coefficient (Wildman–Crippen LogP) is 3.96. The van der Waals surface area contributed by atoms with Gasteiger partial charge in [0.05, 0.1) is 6.61 Å². The van der Waals surface area contributed by atoms with Gasteiger partial charge < -0.3 is 10.1 Å². The van der Waals surface area contributed by atoms with Crippen LogP contribution in [0.4, 0.5) is 0 Å². The van der Waals surface area contributed by atoms with Gasteiger partial charge in [-0.15, -0.1) is 0 Å². The number of thiol groups is 1. The fourth-order valence-corrected chi connectivity index (χ4v) is 2.41. The van der Waals surface area contributed by atoms with Gasteiger partial charge in [0.25, 0.3) is 0 Å². The monoisotopic (exact) mass is 407 g/mol. The Morgan fingerprint density at radius 2 is 1.69 bits per heavy atom. The van der Waals surface area contributed by atoms with Crippen LogP contribution in [0.5, 0.6) is 5.75 Å². The molecule has 1 aromatic carbocycles. The highest BCUT2D eigenvalue weighted by Crippen LogP contribution is 2.30. The molecule has 0 aliphatic heterocycles. The largest absolute Gasteiger partial charge is 0.493 e. The molecule has 0 aromatic heterocycles. The first-order valence-electron chi connectivity index (χ1n) is 8.84. The van der Waals surface area contributed by atoms with E-state index in [4.69, 9.17) is 22.3 Å². The van der Waals surface area contributed by atoms with Crippen molar-refractivity contribution >= 4 is 23.0 Å². The lowest BCUT2D eigenvalue weighted by Gasteiger charge is -2.17. The number of benzene rings is 1. The zero-order valence-electron chi connectivity index (χ0n) is 16.1. The number of hydrogen-bond donors (Lipinski definition) is 4. The van der Waals surface area contributed by atoms with Gasteiger partial charge in [-0.1, -0.05) is 39.8 Å². The van der Waals surface area contributed by atoms with Gasteiger partial charge in [-0.25, -0.2) is 0 Å². The molecule has 152 valence electrons. The summed E-state index contributed by atoms with van der Waals surface area (Å²) in [4.78, 5) is 0. The number of rotatable bonds is 10. The van der Waals surface area contributed by atoms with E-state index in [9.17, 15) is 0 Å². The van der Waals surface area contributed by atoms with Crippen molar-refractivity contribution in [3.63, 3.8) is 0 Å². The Balaban J connectivity index is 0.00000110. The van der Waals surface area contributed by atoms with E-state index >= 15 is 0 Å². The standard InChI is InChI=1S/C18H31NOS.H2O4S/c1-14(2)16-7-8-18(17(13-16)15(3)4)20-11-6-5-9-19-10-12-21;1-5(2,3)4/h7-8,13-15,19,21H,5-6,9-12H2,1-4H3;(H2,1,2,3,4). The van der Waals surface area contributed by atoms with Crippen molar-refractivity contribution in [2.24, 2.45) is 0 Å². The maximum absolute atomic E-state index is 8.74. The average molecular weight is 408 g/mol. The predicted molar refractivity (Wildman–Crippen MR) is 110 cm³/mol. The third kappa shape index (κ3) is 13.4. The summed E-state index contributed by atoms with van der Waals surface area (Å²) in [6.07, 6.45) is 2.23. The third-order valence-corrected chi connectivity index (χ3v) is 3.84. The minimum atomic E-state index is -4.67. The van der Waals surface area contributed by atoms with Crippen LogP contribution in [0.2, 0.25) is 0 Å². The Morgan fingerprint density at radius 3 is 2.19 bits per heavy atom. The molecule has 0 saturated heterocycles. The molecule has 0 amide bonds. The van der Waals surface area contributed by atoms with Crippen LogP contribution in [0.1, 0.15) is 63.5 Å². The molecule has 1 aromatic rings. The molecular formula is C18H33NO5S2. The van der Waals surface area contributed by atoms with Crippen LogP contribution >= 0.6 is 12.6 Å². The molecule has 0 unspecified atom stereocenters. The Labute approximate surface area is 163 Å². The summed E-state index contributed by atoms with van der Waals surface area (Å²) in [5.74, 6) is 3.01. The van der Waals surface area contributed by atoms with Crippen molar-refractivity contribution in [2.75, 3.05) is 25.4 Å². The van der Waals surface area contributed by atoms with Crippen LogP contribution in [0.15, 0.2) is 18.2 Å². The van der Waals surface area contributed by atoms with Gasteiger partial charge in [-0.3, -0.25) is 9.11 Å². The van der Waals surface area contributed by atoms with E-state index in [-0.39, 0.29) is 0 Å². The van der Waals surface area contributed by atoms with Gasteiger partial charge in [0, 0.05) is 12.3 Å². The number of nitrogens with one attached hydrogen (secondary N) is 1. The van der Waals surface area contributed by atoms with Crippen molar-refractivity contribution in [2.45, 2.75) is 52.4 Å². The van der Waals surface area contributed by atoms with Crippen LogP contribution in [0.3, 0.4) is 0 Å². The van der Waals surface area contributed by atoms with Gasteiger partial charge in [0.15, 0.2) is 0 Å². The van der Waals surface area contributed by atoms with Crippen LogP contribution in [0.25, 0.3) is 0 Å². The fourth-order valence-electron chi connectivity index (χ4n) is 2.25. The molecule has 0 saturated carbocycles. The minimum Gasteiger partial charge on any atom is -0.493 e. The van der Waals surface area contributed by atoms with Crippen LogP contribution in [-0.2, 0) is 10.4 Å². The van der Waals surface area contributed by atoms with Crippen molar-refractivity contribution < 1.29 is 22.3 Å². The quantitative estimate of drug-likeness (QED) is 0.266. The molecule has 6 nitrogen and oxygen atoms in total. The van der Waals surface area contributed by atoms with Crippen LogP contribution < -0.4 is 10.1 Å². The molecule has 0 radical (unpaired) electrons. The van der Waals surface area contributed by atoms with Crippen molar-refractivity contribution in [3.8, 4) is 5.75 Å². The van der Waals surface area contributed by atoms with E-state index in [1.54, 1.807) is 0 Å². The van der Waals surface area contributed by atoms with Crippen LogP contribution in [0, 0.1) is 0 Å². The number of unbranched alkanes of at least 4 members (excludes halogenated alkanes) is 1. The topological polar surface area (TPSA) is 95.9 Å². The molecule has 8 heteroatoms. The average Bonchev–Trinajstić information content (AvgIpc) is 2.52. The lowest BCUT2D eigenvalue weighted by atomic mass is 9.95. The molecule has 0 fully saturated rings. The lowest BCUT2D eigenvalue weighted by molar-refractivity contribution is 0.302. The van der Waals surface area contributed by atoms with Gasteiger partial charge in [-0.05, 0) is 48.4 Å². The van der Waals surface area contributed by atoms with Crippen molar-refractivity contribution in [1.29, 1.82) is 0 Å². The number of hydrogen-bond acceptors (Lipinski definition) is 5. The minimum absolute atomic E-state index is 0.496. The van der Waals surface area contributed by atoms with Crippen molar-refractivity contribution in [3.05, 3.63) is 29.3 Å². The second kappa shape index (κ2) is 13.4. The second-order valence-electron chi connectivity index (χ2n) is 6.58. The highest BCUT2D eigenvalue weighted by molar-refractivity contribution is 7.80. The van der Waals surface area contributed by atoms with Gasteiger partial charge >= 0.3 is 10.4 Å². The summed E-state index contributed by atoms with van der Waals surface area (Å²) in [5.41, 5.74) is 2.72. The Morgan fingerprint density at radius 1 is 1.08 bits per heavy atom. The smallest absolute Gasteiger partial charge is 0.394 e. The third-order valence-electron chi connectivity index (χ3n) is 3.62. The summed E-state index contributed by atoms with van der Waals surface area (Å²) in [5, 5.41) is 3.35. The Hall–Kier alpha value is -0.800.